The average molecular weight is 328 g/mol. The van der Waals surface area contributed by atoms with Gasteiger partial charge in [-0.1, -0.05) is 0 Å². The molecule has 0 aliphatic carbocycles. The van der Waals surface area contributed by atoms with Crippen molar-refractivity contribution in [1.82, 2.24) is 0 Å². The highest BCUT2D eigenvalue weighted by Crippen LogP contribution is 2.21. The summed E-state index contributed by atoms with van der Waals surface area (Å²) in [4.78, 5) is 11.3. The number of anilines is 1. The molecule has 0 fully saturated rings. The molecule has 20 heavy (non-hydrogen) atoms. The van der Waals surface area contributed by atoms with E-state index < -0.39 is 38.9 Å². The molecule has 0 aliphatic heterocycles. The number of carbonyl (C=O) groups excluding carboxylic acids is 1. The van der Waals surface area contributed by atoms with Gasteiger partial charge in [0.2, 0.25) is 10.0 Å². The number of methoxy groups -OCH3 is 1. The van der Waals surface area contributed by atoms with E-state index in [2.05, 4.69) is 4.74 Å². The molecule has 0 aliphatic rings. The molecule has 1 N–H and O–H groups in total. The Bertz CT molecular complexity index is 607. The van der Waals surface area contributed by atoms with E-state index in [1.54, 1.807) is 0 Å². The summed E-state index contributed by atoms with van der Waals surface area (Å²) in [5.41, 5.74) is -1.09. The van der Waals surface area contributed by atoms with Crippen molar-refractivity contribution in [2.24, 2.45) is 0 Å². The van der Waals surface area contributed by atoms with Crippen LogP contribution >= 0.6 is 11.6 Å². The van der Waals surface area contributed by atoms with Crippen molar-refractivity contribution in [3.63, 3.8) is 0 Å². The second-order valence-corrected chi connectivity index (χ2v) is 5.99. The zero-order chi connectivity index (χ0) is 15.3. The Labute approximate surface area is 119 Å². The van der Waals surface area contributed by atoms with Crippen LogP contribution in [0.3, 0.4) is 0 Å². The number of ether oxygens (including phenoxy) is 1. The summed E-state index contributed by atoms with van der Waals surface area (Å²) >= 11 is 5.37. The first-order chi connectivity index (χ1) is 9.30. The van der Waals surface area contributed by atoms with Gasteiger partial charge in [-0.15, -0.1) is 11.6 Å². The van der Waals surface area contributed by atoms with E-state index in [9.17, 15) is 22.0 Å². The number of nitrogens with one attached hydrogen (secondary N) is 1. The van der Waals surface area contributed by atoms with Crippen molar-refractivity contribution in [1.29, 1.82) is 0 Å². The number of halogens is 3. The van der Waals surface area contributed by atoms with Crippen molar-refractivity contribution in [2.75, 3.05) is 23.5 Å². The van der Waals surface area contributed by atoms with Gasteiger partial charge in [-0.25, -0.2) is 22.0 Å². The van der Waals surface area contributed by atoms with Gasteiger partial charge in [0, 0.05) is 11.9 Å². The normalized spacial score (nSPS) is 11.2. The van der Waals surface area contributed by atoms with Gasteiger partial charge in [-0.05, 0) is 12.5 Å². The molecule has 0 heterocycles. The Morgan fingerprint density at radius 2 is 2.00 bits per heavy atom. The lowest BCUT2D eigenvalue weighted by molar-refractivity contribution is 0.0595. The Morgan fingerprint density at radius 1 is 1.35 bits per heavy atom. The van der Waals surface area contributed by atoms with Crippen LogP contribution in [0.5, 0.6) is 0 Å². The first-order valence-corrected chi connectivity index (χ1v) is 7.63. The van der Waals surface area contributed by atoms with E-state index in [4.69, 9.17) is 11.6 Å². The van der Waals surface area contributed by atoms with E-state index in [0.717, 1.165) is 13.2 Å². The van der Waals surface area contributed by atoms with E-state index in [-0.39, 0.29) is 18.1 Å². The lowest BCUT2D eigenvalue weighted by atomic mass is 10.2. The second kappa shape index (κ2) is 6.85. The Kier molecular flexibility index (Phi) is 5.70. The minimum absolute atomic E-state index is 0.125. The van der Waals surface area contributed by atoms with Crippen molar-refractivity contribution in [3.05, 3.63) is 29.3 Å². The van der Waals surface area contributed by atoms with Gasteiger partial charge < -0.3 is 4.74 Å². The minimum atomic E-state index is -3.83. The molecule has 1 aromatic carbocycles. The molecule has 0 aromatic heterocycles. The maximum absolute atomic E-state index is 13.5. The number of esters is 1. The van der Waals surface area contributed by atoms with E-state index >= 15 is 0 Å². The fourth-order valence-corrected chi connectivity index (χ4v) is 2.77. The third-order valence-electron chi connectivity index (χ3n) is 2.27. The van der Waals surface area contributed by atoms with Gasteiger partial charge in [0.05, 0.1) is 24.1 Å². The summed E-state index contributed by atoms with van der Waals surface area (Å²) in [5, 5.41) is 0. The highest BCUT2D eigenvalue weighted by atomic mass is 35.5. The Balaban J connectivity index is 3.10. The van der Waals surface area contributed by atoms with Crippen LogP contribution < -0.4 is 4.72 Å². The highest BCUT2D eigenvalue weighted by Gasteiger charge is 2.19. The summed E-state index contributed by atoms with van der Waals surface area (Å²) in [7, 11) is -2.81. The first kappa shape index (κ1) is 16.6. The third kappa shape index (κ3) is 4.31. The number of alkyl halides is 1. The lowest BCUT2D eigenvalue weighted by Gasteiger charge is -2.10. The second-order valence-electron chi connectivity index (χ2n) is 3.77. The molecule has 0 radical (unpaired) electrons. The van der Waals surface area contributed by atoms with E-state index in [0.29, 0.717) is 6.07 Å². The molecular formula is C11H12ClF2NO4S. The molecule has 0 amide bonds. The third-order valence-corrected chi connectivity index (χ3v) is 3.90. The predicted molar refractivity (Wildman–Crippen MR) is 70.4 cm³/mol. The SMILES string of the molecule is COC(=O)c1cc(NS(=O)(=O)CCCCl)c(F)cc1F. The molecular weight excluding hydrogens is 316 g/mol. The van der Waals surface area contributed by atoms with Crippen molar-refractivity contribution < 1.29 is 26.7 Å². The summed E-state index contributed by atoms with van der Waals surface area (Å²) < 4.78 is 56.3. The average Bonchev–Trinajstić information content (AvgIpc) is 2.38. The smallest absolute Gasteiger partial charge is 0.340 e. The van der Waals surface area contributed by atoms with Crippen molar-refractivity contribution >= 4 is 33.3 Å². The largest absolute Gasteiger partial charge is 0.465 e. The Morgan fingerprint density at radius 3 is 2.55 bits per heavy atom. The molecule has 112 valence electrons. The fraction of sp³-hybridized carbons (Fsp3) is 0.364. The van der Waals surface area contributed by atoms with Crippen LogP contribution in [-0.4, -0.2) is 33.1 Å². The zero-order valence-electron chi connectivity index (χ0n) is 10.5. The van der Waals surface area contributed by atoms with Crippen LogP contribution in [0.1, 0.15) is 16.8 Å². The first-order valence-electron chi connectivity index (χ1n) is 5.44. The number of sulfonamides is 1. The van der Waals surface area contributed by atoms with Gasteiger partial charge in [0.25, 0.3) is 0 Å². The topological polar surface area (TPSA) is 72.5 Å². The minimum Gasteiger partial charge on any atom is -0.465 e. The van der Waals surface area contributed by atoms with Gasteiger partial charge in [0.1, 0.15) is 11.6 Å². The summed E-state index contributed by atoms with van der Waals surface area (Å²) in [6.07, 6.45) is 0.170. The van der Waals surface area contributed by atoms with Crippen LogP contribution in [0.15, 0.2) is 12.1 Å². The van der Waals surface area contributed by atoms with Crippen LogP contribution in [0, 0.1) is 11.6 Å². The van der Waals surface area contributed by atoms with Gasteiger partial charge in [-0.3, -0.25) is 4.72 Å². The van der Waals surface area contributed by atoms with Crippen molar-refractivity contribution in [3.8, 4) is 0 Å². The lowest BCUT2D eigenvalue weighted by Crippen LogP contribution is -2.18. The van der Waals surface area contributed by atoms with E-state index in [1.807, 2.05) is 4.72 Å². The number of benzene rings is 1. The summed E-state index contributed by atoms with van der Waals surface area (Å²) in [5.74, 6) is -3.51. The van der Waals surface area contributed by atoms with Crippen LogP contribution in [0.4, 0.5) is 14.5 Å². The molecule has 1 aromatic rings. The summed E-state index contributed by atoms with van der Waals surface area (Å²) in [6.45, 7) is 0. The highest BCUT2D eigenvalue weighted by molar-refractivity contribution is 7.92. The van der Waals surface area contributed by atoms with Crippen molar-refractivity contribution in [2.45, 2.75) is 6.42 Å². The number of hydrogen-bond donors (Lipinski definition) is 1. The molecule has 1 rings (SSSR count). The molecule has 0 saturated heterocycles. The van der Waals surface area contributed by atoms with Crippen LogP contribution in [-0.2, 0) is 14.8 Å². The quantitative estimate of drug-likeness (QED) is 0.641. The molecule has 0 unspecified atom stereocenters. The maximum atomic E-state index is 13.5. The predicted octanol–water partition coefficient (Wildman–Crippen LogP) is 2.12. The fourth-order valence-electron chi connectivity index (χ4n) is 1.36. The van der Waals surface area contributed by atoms with Crippen LogP contribution in [0.2, 0.25) is 0 Å². The van der Waals surface area contributed by atoms with Gasteiger partial charge in [0.15, 0.2) is 0 Å². The standard InChI is InChI=1S/C11H12ClF2NO4S/c1-19-11(16)7-5-10(9(14)6-8(7)13)15-20(17,18)4-2-3-12/h5-6,15H,2-4H2,1H3. The van der Waals surface area contributed by atoms with Gasteiger partial charge >= 0.3 is 5.97 Å². The monoisotopic (exact) mass is 327 g/mol. The molecule has 0 spiro atoms. The molecule has 0 bridgehead atoms. The molecule has 0 atom stereocenters. The molecule has 9 heteroatoms. The zero-order valence-corrected chi connectivity index (χ0v) is 12.0. The Hall–Kier alpha value is -1.41. The van der Waals surface area contributed by atoms with Crippen LogP contribution in [0.25, 0.3) is 0 Å². The van der Waals surface area contributed by atoms with E-state index in [1.165, 1.54) is 0 Å². The molecule has 0 saturated carbocycles. The number of rotatable bonds is 6. The molecule has 5 nitrogen and oxygen atoms in total. The number of carbonyl (C=O) groups is 1. The summed E-state index contributed by atoms with van der Waals surface area (Å²) in [6, 6.07) is 1.15. The maximum Gasteiger partial charge on any atom is 0.340 e. The van der Waals surface area contributed by atoms with Gasteiger partial charge in [-0.2, -0.15) is 0 Å². The number of hydrogen-bond acceptors (Lipinski definition) is 4.